The quantitative estimate of drug-likeness (QED) is 0.619. The molecule has 0 aliphatic carbocycles. The molecule has 0 bridgehead atoms. The van der Waals surface area contributed by atoms with Crippen molar-refractivity contribution in [2.45, 2.75) is 24.9 Å². The van der Waals surface area contributed by atoms with E-state index in [4.69, 9.17) is 22.1 Å². The second-order valence-electron chi connectivity index (χ2n) is 3.81. The maximum absolute atomic E-state index is 11.5. The Balaban J connectivity index is 2.34. The van der Waals surface area contributed by atoms with Crippen molar-refractivity contribution in [2.24, 2.45) is 5.73 Å². The van der Waals surface area contributed by atoms with Crippen LogP contribution >= 0.6 is 11.6 Å². The number of nitrogens with two attached hydrogens (primary N) is 1. The number of ether oxygens (including phenoxy) is 1. The van der Waals surface area contributed by atoms with Crippen LogP contribution in [0, 0.1) is 0 Å². The van der Waals surface area contributed by atoms with Crippen molar-refractivity contribution in [2.75, 3.05) is 6.54 Å². The molecule has 1 aliphatic rings. The molecule has 0 unspecified atom stereocenters. The number of H-pyrrole nitrogens is 1. The van der Waals surface area contributed by atoms with Gasteiger partial charge in [-0.3, -0.25) is 14.3 Å². The van der Waals surface area contributed by atoms with E-state index in [1.807, 2.05) is 0 Å². The van der Waals surface area contributed by atoms with Crippen molar-refractivity contribution < 1.29 is 9.84 Å². The van der Waals surface area contributed by atoms with E-state index in [-0.39, 0.29) is 18.0 Å². The van der Waals surface area contributed by atoms with Crippen LogP contribution in [0.4, 0.5) is 0 Å². The molecule has 8 heteroatoms. The standard InChI is InChI=1S/C9H12ClN3O4/c10-4-3-13(9(16)12-8(4)15)7-1-5(14)6(2-11)17-7/h3,5-7,14H,1-2,11H2,(H,12,15,16)/t5-,6+,7+/m0/s1. The summed E-state index contributed by atoms with van der Waals surface area (Å²) in [5.41, 5.74) is 4.12. The lowest BCUT2D eigenvalue weighted by molar-refractivity contribution is -0.0151. The van der Waals surface area contributed by atoms with E-state index in [0.717, 1.165) is 4.57 Å². The minimum Gasteiger partial charge on any atom is -0.390 e. The highest BCUT2D eigenvalue weighted by Gasteiger charge is 2.34. The molecule has 3 atom stereocenters. The average molecular weight is 262 g/mol. The third-order valence-corrected chi connectivity index (χ3v) is 2.94. The lowest BCUT2D eigenvalue weighted by atomic mass is 10.2. The number of aromatic amines is 1. The molecular formula is C9H12ClN3O4. The molecule has 1 saturated heterocycles. The minimum absolute atomic E-state index is 0.112. The Morgan fingerprint density at radius 3 is 2.94 bits per heavy atom. The summed E-state index contributed by atoms with van der Waals surface area (Å²) in [6.45, 7) is 0.156. The molecule has 1 fully saturated rings. The van der Waals surface area contributed by atoms with Crippen LogP contribution in [0.1, 0.15) is 12.6 Å². The van der Waals surface area contributed by atoms with Gasteiger partial charge in [0.05, 0.1) is 12.2 Å². The normalized spacial score (nSPS) is 28.5. The van der Waals surface area contributed by atoms with Gasteiger partial charge in [-0.2, -0.15) is 0 Å². The Hall–Kier alpha value is -1.15. The molecule has 1 aromatic heterocycles. The zero-order chi connectivity index (χ0) is 12.6. The molecule has 17 heavy (non-hydrogen) atoms. The summed E-state index contributed by atoms with van der Waals surface area (Å²) >= 11 is 5.62. The molecule has 1 aromatic rings. The van der Waals surface area contributed by atoms with Gasteiger partial charge in [-0.15, -0.1) is 0 Å². The fourth-order valence-electron chi connectivity index (χ4n) is 1.77. The van der Waals surface area contributed by atoms with Crippen molar-refractivity contribution in [1.82, 2.24) is 9.55 Å². The largest absolute Gasteiger partial charge is 0.390 e. The molecule has 1 aliphatic heterocycles. The van der Waals surface area contributed by atoms with Gasteiger partial charge in [-0.05, 0) is 0 Å². The smallest absolute Gasteiger partial charge is 0.330 e. The SMILES string of the molecule is NC[C@H]1O[C@@H](n2cc(Cl)c(=O)[nH]c2=O)C[C@@H]1O. The summed E-state index contributed by atoms with van der Waals surface area (Å²) in [6.07, 6.45) is -0.496. The van der Waals surface area contributed by atoms with Crippen molar-refractivity contribution in [3.8, 4) is 0 Å². The maximum Gasteiger partial charge on any atom is 0.330 e. The van der Waals surface area contributed by atoms with Crippen molar-refractivity contribution >= 4 is 11.6 Å². The van der Waals surface area contributed by atoms with E-state index in [1.54, 1.807) is 0 Å². The topological polar surface area (TPSA) is 110 Å². The van der Waals surface area contributed by atoms with E-state index >= 15 is 0 Å². The number of aliphatic hydroxyl groups is 1. The molecule has 0 saturated carbocycles. The first-order chi connectivity index (χ1) is 8.02. The van der Waals surface area contributed by atoms with Crippen LogP contribution in [0.3, 0.4) is 0 Å². The van der Waals surface area contributed by atoms with E-state index < -0.39 is 29.7 Å². The third kappa shape index (κ3) is 2.27. The Morgan fingerprint density at radius 1 is 1.65 bits per heavy atom. The molecular weight excluding hydrogens is 250 g/mol. The number of halogens is 1. The Morgan fingerprint density at radius 2 is 2.35 bits per heavy atom. The minimum atomic E-state index is -0.734. The fraction of sp³-hybridized carbons (Fsp3) is 0.556. The predicted molar refractivity (Wildman–Crippen MR) is 59.9 cm³/mol. The molecule has 0 aromatic carbocycles. The number of hydrogen-bond acceptors (Lipinski definition) is 5. The molecule has 0 spiro atoms. The summed E-state index contributed by atoms with van der Waals surface area (Å²) in [4.78, 5) is 24.7. The predicted octanol–water partition coefficient (Wildman–Crippen LogP) is -1.20. The summed E-state index contributed by atoms with van der Waals surface area (Å²) in [5, 5.41) is 9.50. The Bertz CT molecular complexity index is 526. The number of nitrogens with zero attached hydrogens (tertiary/aromatic N) is 1. The second kappa shape index (κ2) is 4.61. The molecule has 2 rings (SSSR count). The number of hydrogen-bond donors (Lipinski definition) is 3. The van der Waals surface area contributed by atoms with Gasteiger partial charge in [0.1, 0.15) is 11.3 Å². The number of aliphatic hydroxyl groups excluding tert-OH is 1. The number of nitrogens with one attached hydrogen (secondary N) is 1. The van der Waals surface area contributed by atoms with Crippen LogP contribution in [0.15, 0.2) is 15.8 Å². The van der Waals surface area contributed by atoms with Gasteiger partial charge in [0.25, 0.3) is 5.56 Å². The Kier molecular flexibility index (Phi) is 3.34. The van der Waals surface area contributed by atoms with Crippen molar-refractivity contribution in [3.63, 3.8) is 0 Å². The summed E-state index contributed by atoms with van der Waals surface area (Å²) in [7, 11) is 0. The van der Waals surface area contributed by atoms with Gasteiger partial charge < -0.3 is 15.6 Å². The molecule has 0 radical (unpaired) electrons. The molecule has 2 heterocycles. The van der Waals surface area contributed by atoms with E-state index in [0.29, 0.717) is 0 Å². The monoisotopic (exact) mass is 261 g/mol. The van der Waals surface area contributed by atoms with Crippen molar-refractivity contribution in [3.05, 3.63) is 32.1 Å². The van der Waals surface area contributed by atoms with E-state index in [9.17, 15) is 14.7 Å². The van der Waals surface area contributed by atoms with Crippen molar-refractivity contribution in [1.29, 1.82) is 0 Å². The first-order valence-corrected chi connectivity index (χ1v) is 5.45. The average Bonchev–Trinajstić information content (AvgIpc) is 2.65. The highest BCUT2D eigenvalue weighted by Crippen LogP contribution is 2.27. The summed E-state index contributed by atoms with van der Waals surface area (Å²) in [6, 6.07) is 0. The van der Waals surface area contributed by atoms with Crippen LogP contribution in [0.2, 0.25) is 5.02 Å². The van der Waals surface area contributed by atoms with Crippen LogP contribution in [0.25, 0.3) is 0 Å². The van der Waals surface area contributed by atoms with Gasteiger partial charge in [-0.25, -0.2) is 4.79 Å². The highest BCUT2D eigenvalue weighted by atomic mass is 35.5. The first-order valence-electron chi connectivity index (χ1n) is 5.07. The van der Waals surface area contributed by atoms with Crippen LogP contribution in [-0.4, -0.2) is 33.4 Å². The lowest BCUT2D eigenvalue weighted by Gasteiger charge is -2.14. The number of aromatic nitrogens is 2. The van der Waals surface area contributed by atoms with Gasteiger partial charge in [0, 0.05) is 19.2 Å². The Labute approximate surface area is 101 Å². The van der Waals surface area contributed by atoms with Gasteiger partial charge in [-0.1, -0.05) is 11.6 Å². The van der Waals surface area contributed by atoms with Gasteiger partial charge in [0.2, 0.25) is 0 Å². The third-order valence-electron chi connectivity index (χ3n) is 2.67. The molecule has 0 amide bonds. The van der Waals surface area contributed by atoms with E-state index in [1.165, 1.54) is 6.20 Å². The molecule has 4 N–H and O–H groups in total. The molecule has 7 nitrogen and oxygen atoms in total. The number of rotatable bonds is 2. The van der Waals surface area contributed by atoms with Gasteiger partial charge in [0.15, 0.2) is 0 Å². The maximum atomic E-state index is 11.5. The van der Waals surface area contributed by atoms with Gasteiger partial charge >= 0.3 is 5.69 Å². The first kappa shape index (κ1) is 12.3. The summed E-state index contributed by atoms with van der Waals surface area (Å²) in [5.74, 6) is 0. The highest BCUT2D eigenvalue weighted by molar-refractivity contribution is 6.30. The van der Waals surface area contributed by atoms with Crippen LogP contribution in [0.5, 0.6) is 0 Å². The molecule has 94 valence electrons. The summed E-state index contributed by atoms with van der Waals surface area (Å²) < 4.78 is 6.53. The van der Waals surface area contributed by atoms with Crippen LogP contribution < -0.4 is 17.0 Å². The van der Waals surface area contributed by atoms with Crippen LogP contribution in [-0.2, 0) is 4.74 Å². The zero-order valence-corrected chi connectivity index (χ0v) is 9.55. The second-order valence-corrected chi connectivity index (χ2v) is 4.22. The zero-order valence-electron chi connectivity index (χ0n) is 8.80. The lowest BCUT2D eigenvalue weighted by Crippen LogP contribution is -2.33. The van der Waals surface area contributed by atoms with E-state index in [2.05, 4.69) is 4.98 Å². The fourth-order valence-corrected chi connectivity index (χ4v) is 1.93.